The summed E-state index contributed by atoms with van der Waals surface area (Å²) in [6.45, 7) is -2.67. The number of hydrogen-bond donors (Lipinski definition) is 2. The first-order valence-electron chi connectivity index (χ1n) is 6.72. The molecule has 4 nitrogen and oxygen atoms in total. The van der Waals surface area contributed by atoms with Gasteiger partial charge in [-0.25, -0.2) is 17.9 Å². The highest BCUT2D eigenvalue weighted by Gasteiger charge is 2.94. The first-order chi connectivity index (χ1) is 13.1. The second kappa shape index (κ2) is 7.39. The number of primary sulfonamides is 1. The summed E-state index contributed by atoms with van der Waals surface area (Å²) in [5, 5.41) is 4.43. The van der Waals surface area contributed by atoms with Gasteiger partial charge in [0.15, 0.2) is 0 Å². The van der Waals surface area contributed by atoms with Gasteiger partial charge >= 0.3 is 41.0 Å². The normalized spacial score (nSPS) is 18.1. The molecule has 31 heavy (non-hydrogen) atoms. The van der Waals surface area contributed by atoms with Gasteiger partial charge in [0, 0.05) is 13.0 Å². The van der Waals surface area contributed by atoms with Gasteiger partial charge in [0.25, 0.3) is 15.7 Å². The van der Waals surface area contributed by atoms with Crippen molar-refractivity contribution < 1.29 is 83.8 Å². The highest BCUT2D eigenvalue weighted by Crippen LogP contribution is 2.64. The maximum atomic E-state index is 14.3. The Labute approximate surface area is 160 Å². The zero-order valence-corrected chi connectivity index (χ0v) is 14.5. The minimum absolute atomic E-state index is 2.67. The van der Waals surface area contributed by atoms with Gasteiger partial charge in [-0.2, -0.15) is 65.9 Å². The van der Waals surface area contributed by atoms with Gasteiger partial charge in [-0.15, -0.1) is 0 Å². The van der Waals surface area contributed by atoms with Crippen LogP contribution in [0.15, 0.2) is 0 Å². The zero-order valence-electron chi connectivity index (χ0n) is 13.7. The molecule has 0 aromatic heterocycles. The highest BCUT2D eigenvalue weighted by atomic mass is 32.2. The zero-order chi connectivity index (χ0) is 25.9. The molecular formula is C10H7F16NO3S. The van der Waals surface area contributed by atoms with Crippen molar-refractivity contribution in [1.29, 1.82) is 0 Å². The van der Waals surface area contributed by atoms with Crippen molar-refractivity contribution in [3.63, 3.8) is 0 Å². The number of halogens is 16. The van der Waals surface area contributed by atoms with Gasteiger partial charge in [0.05, 0.1) is 0 Å². The standard InChI is InChI=1S/C10H7F16NO3S/c11-3(1-2-28,5(14,15)10(25,26)31(27,29)30)4(12,13)6(16,17)7(18,19)8(20,21)9(22,23)24/h28H,1-2H2,(H2,27,29,30). The fourth-order valence-corrected chi connectivity index (χ4v) is 2.41. The number of hydrogen-bond acceptors (Lipinski definition) is 3. The number of rotatable bonds is 9. The largest absolute Gasteiger partial charge is 0.460 e. The third-order valence-electron chi connectivity index (χ3n) is 3.71. The Hall–Kier alpha value is -1.25. The summed E-state index contributed by atoms with van der Waals surface area (Å²) < 4.78 is 231. The summed E-state index contributed by atoms with van der Waals surface area (Å²) >= 11 is 0. The minimum Gasteiger partial charge on any atom is -0.396 e. The maximum Gasteiger partial charge on any atom is 0.460 e. The molecule has 188 valence electrons. The summed E-state index contributed by atoms with van der Waals surface area (Å²) in [6, 6.07) is 0. The molecule has 0 bridgehead atoms. The molecule has 0 saturated carbocycles. The molecule has 0 radical (unpaired) electrons. The van der Waals surface area contributed by atoms with E-state index in [2.05, 4.69) is 5.14 Å². The van der Waals surface area contributed by atoms with Gasteiger partial charge in [-0.05, 0) is 0 Å². The summed E-state index contributed by atoms with van der Waals surface area (Å²) in [6.07, 6.45) is -11.3. The fraction of sp³-hybridized carbons (Fsp3) is 1.00. The van der Waals surface area contributed by atoms with E-state index in [0.29, 0.717) is 0 Å². The predicted octanol–water partition coefficient (Wildman–Crippen LogP) is 3.70. The third-order valence-corrected chi connectivity index (χ3v) is 4.68. The molecule has 0 aliphatic carbocycles. The van der Waals surface area contributed by atoms with Crippen molar-refractivity contribution in [2.24, 2.45) is 5.14 Å². The van der Waals surface area contributed by atoms with Crippen molar-refractivity contribution in [2.45, 2.75) is 53.1 Å². The second-order valence-corrected chi connectivity index (χ2v) is 7.31. The monoisotopic (exact) mass is 525 g/mol. The summed E-state index contributed by atoms with van der Waals surface area (Å²) in [4.78, 5) is 0. The van der Waals surface area contributed by atoms with E-state index in [4.69, 9.17) is 5.11 Å². The van der Waals surface area contributed by atoms with Crippen LogP contribution in [0.5, 0.6) is 0 Å². The first kappa shape index (κ1) is 29.8. The molecule has 0 rings (SSSR count). The SMILES string of the molecule is NS(=O)(=O)C(F)(F)C(F)(F)C(F)(CCO)C(F)(F)C(F)(F)C(F)(F)C(F)(F)C(F)(F)F. The number of sulfonamides is 1. The Bertz CT molecular complexity index is 775. The Kier molecular flexibility index (Phi) is 7.09. The van der Waals surface area contributed by atoms with Crippen LogP contribution in [0.25, 0.3) is 0 Å². The lowest BCUT2D eigenvalue weighted by Gasteiger charge is -2.45. The molecule has 0 spiro atoms. The average Bonchev–Trinajstić information content (AvgIpc) is 2.51. The van der Waals surface area contributed by atoms with Gasteiger partial charge in [0.1, 0.15) is 0 Å². The Balaban J connectivity index is 7.21. The molecule has 3 N–H and O–H groups in total. The second-order valence-electron chi connectivity index (χ2n) is 5.71. The molecule has 0 aromatic rings. The molecule has 0 heterocycles. The molecule has 0 aromatic carbocycles. The van der Waals surface area contributed by atoms with Crippen LogP contribution in [0, 0.1) is 0 Å². The van der Waals surface area contributed by atoms with Crippen LogP contribution in [-0.4, -0.2) is 66.8 Å². The van der Waals surface area contributed by atoms with Crippen molar-refractivity contribution >= 4 is 10.0 Å². The van der Waals surface area contributed by atoms with Gasteiger partial charge in [-0.1, -0.05) is 0 Å². The van der Waals surface area contributed by atoms with Crippen LogP contribution in [0.4, 0.5) is 70.2 Å². The molecule has 1 atom stereocenters. The quantitative estimate of drug-likeness (QED) is 0.451. The van der Waals surface area contributed by atoms with E-state index in [-0.39, 0.29) is 0 Å². The molecule has 1 unspecified atom stereocenters. The third kappa shape index (κ3) is 3.68. The molecule has 0 aliphatic rings. The van der Waals surface area contributed by atoms with Gasteiger partial charge in [-0.3, -0.25) is 0 Å². The Morgan fingerprint density at radius 3 is 1.16 bits per heavy atom. The Morgan fingerprint density at radius 1 is 0.581 bits per heavy atom. The number of aliphatic hydroxyl groups excluding tert-OH is 1. The predicted molar refractivity (Wildman–Crippen MR) is 64.4 cm³/mol. The smallest absolute Gasteiger partial charge is 0.396 e. The van der Waals surface area contributed by atoms with E-state index < -0.39 is 69.8 Å². The lowest BCUT2D eigenvalue weighted by atomic mass is 9.80. The first-order valence-corrected chi connectivity index (χ1v) is 8.26. The van der Waals surface area contributed by atoms with Crippen LogP contribution in [-0.2, 0) is 10.0 Å². The average molecular weight is 525 g/mol. The topological polar surface area (TPSA) is 80.4 Å². The molecule has 0 aliphatic heterocycles. The summed E-state index contributed by atoms with van der Waals surface area (Å²) in [5.74, 6) is -41.4. The van der Waals surface area contributed by atoms with Crippen molar-refractivity contribution in [2.75, 3.05) is 6.61 Å². The molecule has 0 amide bonds. The van der Waals surface area contributed by atoms with E-state index in [1.165, 1.54) is 0 Å². The van der Waals surface area contributed by atoms with Gasteiger partial charge in [0.2, 0.25) is 0 Å². The molecule has 0 fully saturated rings. The van der Waals surface area contributed by atoms with Crippen LogP contribution in [0.1, 0.15) is 6.42 Å². The van der Waals surface area contributed by atoms with Crippen LogP contribution in [0.2, 0.25) is 0 Å². The molecular weight excluding hydrogens is 518 g/mol. The van der Waals surface area contributed by atoms with Crippen molar-refractivity contribution in [3.05, 3.63) is 0 Å². The summed E-state index contributed by atoms with van der Waals surface area (Å²) in [7, 11) is -7.25. The van der Waals surface area contributed by atoms with Gasteiger partial charge < -0.3 is 5.11 Å². The number of aliphatic hydroxyl groups is 1. The van der Waals surface area contributed by atoms with Crippen LogP contribution in [0.3, 0.4) is 0 Å². The maximum absolute atomic E-state index is 14.3. The van der Waals surface area contributed by atoms with E-state index in [1.807, 2.05) is 0 Å². The summed E-state index contributed by atoms with van der Waals surface area (Å²) in [5.41, 5.74) is -7.39. The molecule has 0 saturated heterocycles. The number of alkyl halides is 16. The minimum atomic E-state index is -8.55. The van der Waals surface area contributed by atoms with Crippen LogP contribution >= 0.6 is 0 Å². The number of nitrogens with two attached hydrogens (primary N) is 1. The van der Waals surface area contributed by atoms with E-state index in [1.54, 1.807) is 0 Å². The Morgan fingerprint density at radius 2 is 0.903 bits per heavy atom. The van der Waals surface area contributed by atoms with E-state index in [0.717, 1.165) is 0 Å². The van der Waals surface area contributed by atoms with Crippen molar-refractivity contribution in [1.82, 2.24) is 0 Å². The molecule has 21 heteroatoms. The highest BCUT2D eigenvalue weighted by molar-refractivity contribution is 7.90. The lowest BCUT2D eigenvalue weighted by Crippen LogP contribution is -2.76. The van der Waals surface area contributed by atoms with E-state index >= 15 is 0 Å². The fourth-order valence-electron chi connectivity index (χ4n) is 1.90. The van der Waals surface area contributed by atoms with E-state index in [9.17, 15) is 78.7 Å². The lowest BCUT2D eigenvalue weighted by molar-refractivity contribution is -0.444. The van der Waals surface area contributed by atoms with Crippen molar-refractivity contribution in [3.8, 4) is 0 Å². The van der Waals surface area contributed by atoms with Crippen LogP contribution < -0.4 is 5.14 Å².